The Labute approximate surface area is 157 Å². The van der Waals surface area contributed by atoms with E-state index < -0.39 is 0 Å². The molecule has 0 fully saturated rings. The van der Waals surface area contributed by atoms with Gasteiger partial charge in [0.25, 0.3) is 0 Å². The standard InChI is InChI=1S/C23H20N2O2/c1-16-7-12-20-21(23(26)25-22(20)13-16)14-24-18-8-10-19(11-9-18)27-15-17-5-3-2-4-6-17/h2-14,25-26H,15H2,1H3. The Bertz CT molecular complexity index is 1080. The molecule has 3 aromatic carbocycles. The molecule has 0 amide bonds. The molecule has 0 atom stereocenters. The second-order valence-corrected chi connectivity index (χ2v) is 6.46. The predicted octanol–water partition coefficient (Wildman–Crippen LogP) is 5.51. The molecule has 27 heavy (non-hydrogen) atoms. The Morgan fingerprint density at radius 3 is 2.56 bits per heavy atom. The van der Waals surface area contributed by atoms with Crippen LogP contribution in [0.3, 0.4) is 0 Å². The smallest absolute Gasteiger partial charge is 0.198 e. The molecule has 1 heterocycles. The molecule has 0 unspecified atom stereocenters. The predicted molar refractivity (Wildman–Crippen MR) is 109 cm³/mol. The first kappa shape index (κ1) is 16.9. The van der Waals surface area contributed by atoms with Gasteiger partial charge < -0.3 is 14.8 Å². The van der Waals surface area contributed by atoms with Crippen molar-refractivity contribution < 1.29 is 9.84 Å². The van der Waals surface area contributed by atoms with Crippen LogP contribution in [0, 0.1) is 6.92 Å². The average Bonchev–Trinajstić information content (AvgIpc) is 3.00. The number of nitrogens with one attached hydrogen (secondary N) is 1. The molecule has 0 spiro atoms. The summed E-state index contributed by atoms with van der Waals surface area (Å²) >= 11 is 0. The lowest BCUT2D eigenvalue weighted by atomic mass is 10.1. The molecular weight excluding hydrogens is 336 g/mol. The highest BCUT2D eigenvalue weighted by atomic mass is 16.5. The van der Waals surface area contributed by atoms with Crippen LogP contribution in [0.15, 0.2) is 77.8 Å². The Balaban J connectivity index is 1.48. The van der Waals surface area contributed by atoms with Crippen molar-refractivity contribution in [1.29, 1.82) is 0 Å². The highest BCUT2D eigenvalue weighted by Crippen LogP contribution is 2.27. The fourth-order valence-electron chi connectivity index (χ4n) is 2.96. The van der Waals surface area contributed by atoms with Crippen LogP contribution in [0.1, 0.15) is 16.7 Å². The number of aromatic hydroxyl groups is 1. The lowest BCUT2D eigenvalue weighted by molar-refractivity contribution is 0.306. The van der Waals surface area contributed by atoms with Crippen molar-refractivity contribution in [2.24, 2.45) is 4.99 Å². The van der Waals surface area contributed by atoms with Crippen LogP contribution in [0.5, 0.6) is 11.6 Å². The van der Waals surface area contributed by atoms with Crippen molar-refractivity contribution in [3.63, 3.8) is 0 Å². The third-order valence-corrected chi connectivity index (χ3v) is 4.40. The molecule has 0 bridgehead atoms. The molecular formula is C23H20N2O2. The zero-order chi connectivity index (χ0) is 18.6. The van der Waals surface area contributed by atoms with Gasteiger partial charge in [-0.3, -0.25) is 4.99 Å². The van der Waals surface area contributed by atoms with E-state index in [0.717, 1.165) is 33.5 Å². The highest BCUT2D eigenvalue weighted by Gasteiger charge is 2.08. The summed E-state index contributed by atoms with van der Waals surface area (Å²) in [5, 5.41) is 11.1. The molecule has 0 aliphatic heterocycles. The monoisotopic (exact) mass is 356 g/mol. The van der Waals surface area contributed by atoms with Crippen LogP contribution in [0.25, 0.3) is 10.9 Å². The summed E-state index contributed by atoms with van der Waals surface area (Å²) in [5.41, 5.74) is 4.65. The number of nitrogens with zero attached hydrogens (tertiary/aromatic N) is 1. The van der Waals surface area contributed by atoms with E-state index in [1.54, 1.807) is 6.21 Å². The largest absolute Gasteiger partial charge is 0.494 e. The van der Waals surface area contributed by atoms with E-state index in [9.17, 15) is 5.11 Å². The lowest BCUT2D eigenvalue weighted by Crippen LogP contribution is -1.94. The number of hydrogen-bond donors (Lipinski definition) is 2. The van der Waals surface area contributed by atoms with E-state index in [1.807, 2.05) is 79.7 Å². The summed E-state index contributed by atoms with van der Waals surface area (Å²) in [4.78, 5) is 7.47. The zero-order valence-electron chi connectivity index (χ0n) is 15.0. The van der Waals surface area contributed by atoms with Crippen molar-refractivity contribution in [1.82, 2.24) is 4.98 Å². The number of hydrogen-bond acceptors (Lipinski definition) is 3. The summed E-state index contributed by atoms with van der Waals surface area (Å²) in [7, 11) is 0. The number of fused-ring (bicyclic) bond motifs is 1. The number of aromatic amines is 1. The molecule has 0 saturated heterocycles. The van der Waals surface area contributed by atoms with Gasteiger partial charge in [0.05, 0.1) is 11.3 Å². The quantitative estimate of drug-likeness (QED) is 0.463. The van der Waals surface area contributed by atoms with Gasteiger partial charge in [-0.25, -0.2) is 0 Å². The van der Waals surface area contributed by atoms with Gasteiger partial charge in [-0.1, -0.05) is 42.5 Å². The van der Waals surface area contributed by atoms with Crippen LogP contribution in [0.2, 0.25) is 0 Å². The number of aromatic nitrogens is 1. The number of H-pyrrole nitrogens is 1. The minimum atomic E-state index is 0.127. The lowest BCUT2D eigenvalue weighted by Gasteiger charge is -2.06. The molecule has 0 aliphatic rings. The first-order valence-corrected chi connectivity index (χ1v) is 8.81. The molecule has 4 aromatic rings. The zero-order valence-corrected chi connectivity index (χ0v) is 15.0. The molecule has 1 aromatic heterocycles. The van der Waals surface area contributed by atoms with Gasteiger partial charge in [-0.15, -0.1) is 0 Å². The van der Waals surface area contributed by atoms with E-state index in [-0.39, 0.29) is 5.88 Å². The number of aryl methyl sites for hydroxylation is 1. The van der Waals surface area contributed by atoms with E-state index >= 15 is 0 Å². The Morgan fingerprint density at radius 2 is 1.78 bits per heavy atom. The van der Waals surface area contributed by atoms with Crippen molar-refractivity contribution in [2.45, 2.75) is 13.5 Å². The SMILES string of the molecule is Cc1ccc2c(C=Nc3ccc(OCc4ccccc4)cc3)c(O)[nH]c2c1. The maximum atomic E-state index is 10.2. The van der Waals surface area contributed by atoms with E-state index in [4.69, 9.17) is 4.74 Å². The fourth-order valence-corrected chi connectivity index (χ4v) is 2.96. The van der Waals surface area contributed by atoms with E-state index in [0.29, 0.717) is 12.2 Å². The first-order chi connectivity index (χ1) is 13.2. The van der Waals surface area contributed by atoms with Crippen LogP contribution in [-0.4, -0.2) is 16.3 Å². The highest BCUT2D eigenvalue weighted by molar-refractivity contribution is 6.02. The van der Waals surface area contributed by atoms with Crippen LogP contribution in [-0.2, 0) is 6.61 Å². The summed E-state index contributed by atoms with van der Waals surface area (Å²) in [6, 6.07) is 23.7. The van der Waals surface area contributed by atoms with Gasteiger partial charge in [0.1, 0.15) is 12.4 Å². The molecule has 2 N–H and O–H groups in total. The molecule has 134 valence electrons. The average molecular weight is 356 g/mol. The molecule has 4 nitrogen and oxygen atoms in total. The minimum absolute atomic E-state index is 0.127. The van der Waals surface area contributed by atoms with Crippen molar-refractivity contribution >= 4 is 22.8 Å². The fraction of sp³-hybridized carbons (Fsp3) is 0.0870. The Hall–Kier alpha value is -3.53. The number of benzene rings is 3. The molecule has 0 aliphatic carbocycles. The minimum Gasteiger partial charge on any atom is -0.494 e. The van der Waals surface area contributed by atoms with Gasteiger partial charge in [-0.2, -0.15) is 0 Å². The van der Waals surface area contributed by atoms with Crippen LogP contribution in [0.4, 0.5) is 5.69 Å². The number of ether oxygens (including phenoxy) is 1. The maximum Gasteiger partial charge on any atom is 0.198 e. The van der Waals surface area contributed by atoms with E-state index in [2.05, 4.69) is 9.98 Å². The summed E-state index contributed by atoms with van der Waals surface area (Å²) in [6.45, 7) is 2.55. The number of rotatable bonds is 5. The van der Waals surface area contributed by atoms with Gasteiger partial charge in [0.15, 0.2) is 5.88 Å². The molecule has 4 heteroatoms. The Kier molecular flexibility index (Phi) is 4.62. The topological polar surface area (TPSA) is 57.6 Å². The summed E-state index contributed by atoms with van der Waals surface area (Å²) < 4.78 is 5.79. The third-order valence-electron chi connectivity index (χ3n) is 4.40. The molecule has 4 rings (SSSR count). The maximum absolute atomic E-state index is 10.2. The van der Waals surface area contributed by atoms with Gasteiger partial charge in [0.2, 0.25) is 0 Å². The van der Waals surface area contributed by atoms with E-state index in [1.165, 1.54) is 0 Å². The van der Waals surface area contributed by atoms with Crippen molar-refractivity contribution in [3.05, 3.63) is 89.5 Å². The van der Waals surface area contributed by atoms with Crippen LogP contribution < -0.4 is 4.74 Å². The molecule has 0 saturated carbocycles. The number of aliphatic imine (C=N–C) groups is 1. The van der Waals surface area contributed by atoms with Gasteiger partial charge in [0, 0.05) is 17.1 Å². The first-order valence-electron chi connectivity index (χ1n) is 8.81. The van der Waals surface area contributed by atoms with Crippen LogP contribution >= 0.6 is 0 Å². The second-order valence-electron chi connectivity index (χ2n) is 6.46. The normalized spacial score (nSPS) is 11.3. The van der Waals surface area contributed by atoms with Crippen molar-refractivity contribution in [2.75, 3.05) is 0 Å². The summed E-state index contributed by atoms with van der Waals surface area (Å²) in [6.07, 6.45) is 1.68. The van der Waals surface area contributed by atoms with Gasteiger partial charge >= 0.3 is 0 Å². The molecule has 0 radical (unpaired) electrons. The van der Waals surface area contributed by atoms with Crippen molar-refractivity contribution in [3.8, 4) is 11.6 Å². The van der Waals surface area contributed by atoms with Gasteiger partial charge in [-0.05, 0) is 48.4 Å². The third kappa shape index (κ3) is 3.85. The second kappa shape index (κ2) is 7.38. The summed E-state index contributed by atoms with van der Waals surface area (Å²) in [5.74, 6) is 0.922. The Morgan fingerprint density at radius 1 is 1.00 bits per heavy atom.